The van der Waals surface area contributed by atoms with E-state index in [0.29, 0.717) is 10.6 Å². The minimum absolute atomic E-state index is 0.175. The van der Waals surface area contributed by atoms with E-state index < -0.39 is 17.9 Å². The normalized spacial score (nSPS) is 11.6. The van der Waals surface area contributed by atoms with Gasteiger partial charge in [-0.3, -0.25) is 4.79 Å². The van der Waals surface area contributed by atoms with Gasteiger partial charge in [0.15, 0.2) is 0 Å². The molecule has 1 unspecified atom stereocenters. The molecular weight excluding hydrogens is 242 g/mol. The standard InChI is InChI=1S/C12H12ClNO3/c1-2-3-10(12(16)17)14-11(15)8-4-6-9(13)7-5-8/h2,4-7,10H,1,3H2,(H,14,15)(H,16,17). The van der Waals surface area contributed by atoms with Crippen LogP contribution in [0, 0.1) is 0 Å². The van der Waals surface area contributed by atoms with Crippen molar-refractivity contribution in [2.45, 2.75) is 12.5 Å². The molecule has 1 atom stereocenters. The van der Waals surface area contributed by atoms with Gasteiger partial charge in [0, 0.05) is 10.6 Å². The van der Waals surface area contributed by atoms with E-state index in [4.69, 9.17) is 16.7 Å². The molecule has 0 fully saturated rings. The molecule has 0 saturated carbocycles. The SMILES string of the molecule is C=CCC(NC(=O)c1ccc(Cl)cc1)C(=O)O. The van der Waals surface area contributed by atoms with Crippen LogP contribution in [0.2, 0.25) is 5.02 Å². The van der Waals surface area contributed by atoms with Crippen molar-refractivity contribution in [2.24, 2.45) is 0 Å². The first-order valence-corrected chi connectivity index (χ1v) is 5.32. The van der Waals surface area contributed by atoms with Crippen LogP contribution < -0.4 is 5.32 Å². The lowest BCUT2D eigenvalue weighted by Crippen LogP contribution is -2.40. The zero-order chi connectivity index (χ0) is 12.8. The lowest BCUT2D eigenvalue weighted by Gasteiger charge is -2.12. The predicted molar refractivity (Wildman–Crippen MR) is 65.2 cm³/mol. The molecule has 90 valence electrons. The summed E-state index contributed by atoms with van der Waals surface area (Å²) in [4.78, 5) is 22.5. The summed E-state index contributed by atoms with van der Waals surface area (Å²) in [6.45, 7) is 3.44. The van der Waals surface area contributed by atoms with Crippen molar-refractivity contribution in [1.82, 2.24) is 5.32 Å². The van der Waals surface area contributed by atoms with Crippen molar-refractivity contribution in [1.29, 1.82) is 0 Å². The Hall–Kier alpha value is -1.81. The van der Waals surface area contributed by atoms with E-state index in [-0.39, 0.29) is 6.42 Å². The van der Waals surface area contributed by atoms with E-state index in [9.17, 15) is 9.59 Å². The van der Waals surface area contributed by atoms with Gasteiger partial charge in [-0.05, 0) is 30.7 Å². The molecule has 2 N–H and O–H groups in total. The zero-order valence-corrected chi connectivity index (χ0v) is 9.78. The molecular formula is C12H12ClNO3. The summed E-state index contributed by atoms with van der Waals surface area (Å²) in [7, 11) is 0. The van der Waals surface area contributed by atoms with Gasteiger partial charge in [0.2, 0.25) is 0 Å². The van der Waals surface area contributed by atoms with E-state index in [2.05, 4.69) is 11.9 Å². The average Bonchev–Trinajstić information content (AvgIpc) is 2.29. The van der Waals surface area contributed by atoms with Gasteiger partial charge >= 0.3 is 5.97 Å². The molecule has 0 aliphatic rings. The van der Waals surface area contributed by atoms with Crippen molar-refractivity contribution in [3.63, 3.8) is 0 Å². The van der Waals surface area contributed by atoms with Crippen LogP contribution in [0.25, 0.3) is 0 Å². The van der Waals surface area contributed by atoms with Gasteiger partial charge in [0.05, 0.1) is 0 Å². The highest BCUT2D eigenvalue weighted by Gasteiger charge is 2.18. The molecule has 0 bridgehead atoms. The Labute approximate surface area is 104 Å². The number of hydrogen-bond acceptors (Lipinski definition) is 2. The van der Waals surface area contributed by atoms with E-state index in [1.54, 1.807) is 12.1 Å². The number of halogens is 1. The average molecular weight is 254 g/mol. The molecule has 0 spiro atoms. The van der Waals surface area contributed by atoms with Crippen molar-refractivity contribution < 1.29 is 14.7 Å². The first kappa shape index (κ1) is 13.3. The maximum absolute atomic E-state index is 11.7. The number of carbonyl (C=O) groups excluding carboxylic acids is 1. The first-order valence-electron chi connectivity index (χ1n) is 4.94. The summed E-state index contributed by atoms with van der Waals surface area (Å²) in [5.74, 6) is -1.54. The van der Waals surface area contributed by atoms with Crippen LogP contribution in [0.1, 0.15) is 16.8 Å². The summed E-state index contributed by atoms with van der Waals surface area (Å²) in [5.41, 5.74) is 0.365. The molecule has 17 heavy (non-hydrogen) atoms. The van der Waals surface area contributed by atoms with Crippen LogP contribution in [0.15, 0.2) is 36.9 Å². The fraction of sp³-hybridized carbons (Fsp3) is 0.167. The summed E-state index contributed by atoms with van der Waals surface area (Å²) in [5, 5.41) is 11.8. The second kappa shape index (κ2) is 6.06. The van der Waals surface area contributed by atoms with E-state index in [1.165, 1.54) is 18.2 Å². The molecule has 0 radical (unpaired) electrons. The number of carbonyl (C=O) groups is 2. The number of aliphatic carboxylic acids is 1. The van der Waals surface area contributed by atoms with Crippen molar-refractivity contribution in [2.75, 3.05) is 0 Å². The Morgan fingerprint density at radius 2 is 2.00 bits per heavy atom. The van der Waals surface area contributed by atoms with Crippen molar-refractivity contribution in [3.8, 4) is 0 Å². The highest BCUT2D eigenvalue weighted by Crippen LogP contribution is 2.09. The Bertz CT molecular complexity index is 428. The van der Waals surface area contributed by atoms with Crippen molar-refractivity contribution >= 4 is 23.5 Å². The highest BCUT2D eigenvalue weighted by molar-refractivity contribution is 6.30. The highest BCUT2D eigenvalue weighted by atomic mass is 35.5. The number of rotatable bonds is 5. The van der Waals surface area contributed by atoms with E-state index in [1.807, 2.05) is 0 Å². The summed E-state index contributed by atoms with van der Waals surface area (Å²) < 4.78 is 0. The van der Waals surface area contributed by atoms with Crippen LogP contribution in [-0.2, 0) is 4.79 Å². The third-order valence-corrected chi connectivity index (χ3v) is 2.36. The number of carboxylic acids is 1. The molecule has 0 heterocycles. The van der Waals surface area contributed by atoms with Crippen molar-refractivity contribution in [3.05, 3.63) is 47.5 Å². The predicted octanol–water partition coefficient (Wildman–Crippen LogP) is 2.10. The Morgan fingerprint density at radius 1 is 1.41 bits per heavy atom. The third kappa shape index (κ3) is 3.92. The third-order valence-electron chi connectivity index (χ3n) is 2.11. The molecule has 1 amide bonds. The summed E-state index contributed by atoms with van der Waals surface area (Å²) in [6, 6.07) is 5.24. The molecule has 0 saturated heterocycles. The Balaban J connectivity index is 2.73. The number of hydrogen-bond donors (Lipinski definition) is 2. The van der Waals surface area contributed by atoms with Gasteiger partial charge in [-0.15, -0.1) is 6.58 Å². The van der Waals surface area contributed by atoms with Gasteiger partial charge in [0.1, 0.15) is 6.04 Å². The topological polar surface area (TPSA) is 66.4 Å². The minimum Gasteiger partial charge on any atom is -0.480 e. The Kier molecular flexibility index (Phi) is 4.72. The lowest BCUT2D eigenvalue weighted by molar-refractivity contribution is -0.139. The van der Waals surface area contributed by atoms with Crippen LogP contribution in [0.5, 0.6) is 0 Å². The number of nitrogens with one attached hydrogen (secondary N) is 1. The summed E-state index contributed by atoms with van der Waals surface area (Å²) in [6.07, 6.45) is 1.62. The molecule has 1 aromatic carbocycles. The molecule has 1 aromatic rings. The summed E-state index contributed by atoms with van der Waals surface area (Å²) >= 11 is 5.68. The first-order chi connectivity index (χ1) is 8.04. The number of carboxylic acid groups (broad SMARTS) is 1. The maximum atomic E-state index is 11.7. The molecule has 0 aliphatic carbocycles. The second-order valence-electron chi connectivity index (χ2n) is 3.40. The Morgan fingerprint density at radius 3 is 2.47 bits per heavy atom. The second-order valence-corrected chi connectivity index (χ2v) is 3.83. The van der Waals surface area contributed by atoms with Gasteiger partial charge in [-0.2, -0.15) is 0 Å². The minimum atomic E-state index is -1.09. The maximum Gasteiger partial charge on any atom is 0.326 e. The van der Waals surface area contributed by atoms with E-state index >= 15 is 0 Å². The molecule has 5 heteroatoms. The van der Waals surface area contributed by atoms with Gasteiger partial charge in [0.25, 0.3) is 5.91 Å². The quantitative estimate of drug-likeness (QED) is 0.790. The largest absolute Gasteiger partial charge is 0.480 e. The van der Waals surface area contributed by atoms with Gasteiger partial charge in [-0.25, -0.2) is 4.79 Å². The molecule has 4 nitrogen and oxygen atoms in total. The lowest BCUT2D eigenvalue weighted by atomic mass is 10.1. The molecule has 0 aliphatic heterocycles. The van der Waals surface area contributed by atoms with Crippen LogP contribution in [-0.4, -0.2) is 23.0 Å². The smallest absolute Gasteiger partial charge is 0.326 e. The van der Waals surface area contributed by atoms with Crippen LogP contribution in [0.4, 0.5) is 0 Å². The fourth-order valence-corrected chi connectivity index (χ4v) is 1.36. The van der Waals surface area contributed by atoms with E-state index in [0.717, 1.165) is 0 Å². The molecule has 1 rings (SSSR count). The monoisotopic (exact) mass is 253 g/mol. The fourth-order valence-electron chi connectivity index (χ4n) is 1.23. The van der Waals surface area contributed by atoms with Crippen LogP contribution in [0.3, 0.4) is 0 Å². The number of benzene rings is 1. The number of amides is 1. The van der Waals surface area contributed by atoms with Gasteiger partial charge < -0.3 is 10.4 Å². The van der Waals surface area contributed by atoms with Gasteiger partial charge in [-0.1, -0.05) is 17.7 Å². The zero-order valence-electron chi connectivity index (χ0n) is 9.02. The van der Waals surface area contributed by atoms with Crippen LogP contribution >= 0.6 is 11.6 Å². The molecule has 0 aromatic heterocycles.